The minimum atomic E-state index is -0.167. The number of nitrogens with zero attached hydrogens (tertiary/aromatic N) is 1. The van der Waals surface area contributed by atoms with Crippen LogP contribution < -0.4 is 15.8 Å². The molecule has 7 heteroatoms. The Morgan fingerprint density at radius 1 is 1.46 bits per heavy atom. The third-order valence-corrected chi connectivity index (χ3v) is 5.63. The Labute approximate surface area is 155 Å². The highest BCUT2D eigenvalue weighted by Crippen LogP contribution is 2.35. The molecule has 0 aliphatic carbocycles. The van der Waals surface area contributed by atoms with Gasteiger partial charge in [0, 0.05) is 30.0 Å². The lowest BCUT2D eigenvalue weighted by Crippen LogP contribution is -2.31. The lowest BCUT2D eigenvalue weighted by Gasteiger charge is -2.10. The van der Waals surface area contributed by atoms with Crippen molar-refractivity contribution in [2.45, 2.75) is 25.9 Å². The van der Waals surface area contributed by atoms with Gasteiger partial charge in [-0.25, -0.2) is 4.98 Å². The second-order valence-electron chi connectivity index (χ2n) is 6.32. The van der Waals surface area contributed by atoms with Crippen LogP contribution in [-0.4, -0.2) is 36.8 Å². The number of carbonyl (C=O) groups is 1. The normalized spacial score (nSPS) is 17.0. The molecule has 0 bridgehead atoms. The lowest BCUT2D eigenvalue weighted by atomic mass is 10.1. The Balaban J connectivity index is 1.64. The molecule has 26 heavy (non-hydrogen) atoms. The zero-order chi connectivity index (χ0) is 18.1. The molecule has 0 spiro atoms. The van der Waals surface area contributed by atoms with Crippen LogP contribution in [-0.2, 0) is 4.74 Å². The summed E-state index contributed by atoms with van der Waals surface area (Å²) in [6.45, 7) is 3.84. The molecule has 1 aliphatic rings. The molecule has 1 saturated heterocycles. The molecule has 3 aromatic rings. The first-order chi connectivity index (χ1) is 12.7. The standard InChI is InChI=1S/C19H21N3O3S/c1-2-24-12-6-5-11-8-14-16(20)17(26-19(14)22-15(11)9-12)18(23)21-10-13-4-3-7-25-13/h5-6,8-9,13H,2-4,7,10,20H2,1H3,(H,21,23). The molecule has 1 amide bonds. The number of amides is 1. The first kappa shape index (κ1) is 17.1. The Bertz CT molecular complexity index is 963. The van der Waals surface area contributed by atoms with Crippen molar-refractivity contribution in [1.82, 2.24) is 10.3 Å². The summed E-state index contributed by atoms with van der Waals surface area (Å²) in [6, 6.07) is 7.76. The number of benzene rings is 1. The summed E-state index contributed by atoms with van der Waals surface area (Å²) in [5, 5.41) is 4.71. The highest BCUT2D eigenvalue weighted by Gasteiger charge is 2.21. The van der Waals surface area contributed by atoms with Crippen LogP contribution >= 0.6 is 11.3 Å². The van der Waals surface area contributed by atoms with E-state index in [1.54, 1.807) is 0 Å². The molecule has 2 aromatic heterocycles. The first-order valence-corrected chi connectivity index (χ1v) is 9.62. The summed E-state index contributed by atoms with van der Waals surface area (Å²) >= 11 is 1.32. The monoisotopic (exact) mass is 371 g/mol. The number of aromatic nitrogens is 1. The number of rotatable bonds is 5. The van der Waals surface area contributed by atoms with Crippen LogP contribution in [0, 0.1) is 0 Å². The quantitative estimate of drug-likeness (QED) is 0.718. The summed E-state index contributed by atoms with van der Waals surface area (Å²) in [4.78, 5) is 18.5. The van der Waals surface area contributed by atoms with E-state index in [9.17, 15) is 4.79 Å². The van der Waals surface area contributed by atoms with Crippen LogP contribution in [0.1, 0.15) is 29.4 Å². The molecule has 1 aliphatic heterocycles. The molecule has 3 N–H and O–H groups in total. The van der Waals surface area contributed by atoms with Gasteiger partial charge in [0.1, 0.15) is 15.5 Å². The topological polar surface area (TPSA) is 86.5 Å². The first-order valence-electron chi connectivity index (χ1n) is 8.81. The molecule has 6 nitrogen and oxygen atoms in total. The van der Waals surface area contributed by atoms with Crippen molar-refractivity contribution >= 4 is 44.1 Å². The smallest absolute Gasteiger partial charge is 0.263 e. The summed E-state index contributed by atoms with van der Waals surface area (Å²) in [7, 11) is 0. The van der Waals surface area contributed by atoms with Crippen molar-refractivity contribution < 1.29 is 14.3 Å². The third-order valence-electron chi connectivity index (χ3n) is 4.52. The summed E-state index contributed by atoms with van der Waals surface area (Å²) in [5.74, 6) is 0.617. The molecule has 4 rings (SSSR count). The van der Waals surface area contributed by atoms with Crippen molar-refractivity contribution in [2.24, 2.45) is 0 Å². The number of nitrogens with one attached hydrogen (secondary N) is 1. The van der Waals surface area contributed by atoms with Gasteiger partial charge in [-0.2, -0.15) is 0 Å². The van der Waals surface area contributed by atoms with Crippen molar-refractivity contribution in [1.29, 1.82) is 0 Å². The number of ether oxygens (including phenoxy) is 2. The Morgan fingerprint density at radius 3 is 3.12 bits per heavy atom. The van der Waals surface area contributed by atoms with Crippen molar-refractivity contribution in [3.05, 3.63) is 29.1 Å². The van der Waals surface area contributed by atoms with Crippen LogP contribution in [0.5, 0.6) is 5.75 Å². The second-order valence-corrected chi connectivity index (χ2v) is 7.32. The number of fused-ring (bicyclic) bond motifs is 2. The maximum absolute atomic E-state index is 12.5. The van der Waals surface area contributed by atoms with Gasteiger partial charge in [-0.1, -0.05) is 0 Å². The van der Waals surface area contributed by atoms with Gasteiger partial charge in [0.2, 0.25) is 0 Å². The average molecular weight is 371 g/mol. The van der Waals surface area contributed by atoms with Crippen LogP contribution in [0.25, 0.3) is 21.1 Å². The van der Waals surface area contributed by atoms with Gasteiger partial charge in [0.05, 0.1) is 23.9 Å². The van der Waals surface area contributed by atoms with Gasteiger partial charge in [-0.15, -0.1) is 11.3 Å². The van der Waals surface area contributed by atoms with E-state index in [0.717, 1.165) is 46.3 Å². The lowest BCUT2D eigenvalue weighted by molar-refractivity contribution is 0.0862. The van der Waals surface area contributed by atoms with E-state index in [1.165, 1.54) is 11.3 Å². The largest absolute Gasteiger partial charge is 0.494 e. The van der Waals surface area contributed by atoms with E-state index in [4.69, 9.17) is 15.2 Å². The van der Waals surface area contributed by atoms with Gasteiger partial charge in [0.15, 0.2) is 0 Å². The summed E-state index contributed by atoms with van der Waals surface area (Å²) < 4.78 is 11.1. The number of pyridine rings is 1. The Hall–Kier alpha value is -2.38. The van der Waals surface area contributed by atoms with Crippen molar-refractivity contribution in [3.8, 4) is 5.75 Å². The highest BCUT2D eigenvalue weighted by molar-refractivity contribution is 7.21. The molecule has 1 unspecified atom stereocenters. The molecule has 0 radical (unpaired) electrons. The maximum Gasteiger partial charge on any atom is 0.263 e. The van der Waals surface area contributed by atoms with Crippen molar-refractivity contribution in [3.63, 3.8) is 0 Å². The molecule has 1 aromatic carbocycles. The van der Waals surface area contributed by atoms with Gasteiger partial charge in [-0.05, 0) is 38.0 Å². The zero-order valence-electron chi connectivity index (χ0n) is 14.6. The van der Waals surface area contributed by atoms with Gasteiger partial charge in [-0.3, -0.25) is 4.79 Å². The molecule has 3 heterocycles. The maximum atomic E-state index is 12.5. The van der Waals surface area contributed by atoms with Crippen LogP contribution in [0.4, 0.5) is 5.69 Å². The van der Waals surface area contributed by atoms with E-state index in [-0.39, 0.29) is 12.0 Å². The fourth-order valence-corrected chi connectivity index (χ4v) is 4.19. The van der Waals surface area contributed by atoms with Crippen LogP contribution in [0.3, 0.4) is 0 Å². The van der Waals surface area contributed by atoms with E-state index in [2.05, 4.69) is 10.3 Å². The van der Waals surface area contributed by atoms with E-state index < -0.39 is 0 Å². The molecule has 1 fully saturated rings. The summed E-state index contributed by atoms with van der Waals surface area (Å²) in [5.41, 5.74) is 7.56. The number of carbonyl (C=O) groups excluding carboxylic acids is 1. The number of hydrogen-bond donors (Lipinski definition) is 2. The van der Waals surface area contributed by atoms with Crippen LogP contribution in [0.15, 0.2) is 24.3 Å². The highest BCUT2D eigenvalue weighted by atomic mass is 32.1. The van der Waals surface area contributed by atoms with Gasteiger partial charge >= 0.3 is 0 Å². The van der Waals surface area contributed by atoms with E-state index in [0.29, 0.717) is 23.7 Å². The van der Waals surface area contributed by atoms with E-state index >= 15 is 0 Å². The number of hydrogen-bond acceptors (Lipinski definition) is 6. The SMILES string of the molecule is CCOc1ccc2cc3c(N)c(C(=O)NCC4CCCO4)sc3nc2c1. The van der Waals surface area contributed by atoms with Gasteiger partial charge in [0.25, 0.3) is 5.91 Å². The molecule has 136 valence electrons. The van der Waals surface area contributed by atoms with Crippen molar-refractivity contribution in [2.75, 3.05) is 25.5 Å². The number of nitrogens with two attached hydrogens (primary N) is 1. The predicted molar refractivity (Wildman–Crippen MR) is 104 cm³/mol. The predicted octanol–water partition coefficient (Wildman–Crippen LogP) is 3.34. The van der Waals surface area contributed by atoms with E-state index in [1.807, 2.05) is 31.2 Å². The van der Waals surface area contributed by atoms with Gasteiger partial charge < -0.3 is 20.5 Å². The minimum Gasteiger partial charge on any atom is -0.494 e. The molecule has 1 atom stereocenters. The Morgan fingerprint density at radius 2 is 2.35 bits per heavy atom. The average Bonchev–Trinajstić information content (AvgIpc) is 3.27. The van der Waals surface area contributed by atoms with Crippen LogP contribution in [0.2, 0.25) is 0 Å². The molecular formula is C19H21N3O3S. The Kier molecular flexibility index (Phi) is 4.65. The fraction of sp³-hybridized carbons (Fsp3) is 0.368. The fourth-order valence-electron chi connectivity index (χ4n) is 3.19. The number of nitrogen functional groups attached to an aromatic ring is 1. The summed E-state index contributed by atoms with van der Waals surface area (Å²) in [6.07, 6.45) is 2.13. The zero-order valence-corrected chi connectivity index (χ0v) is 15.4. The number of thiophene rings is 1. The second kappa shape index (κ2) is 7.09. The third kappa shape index (κ3) is 3.20. The molecular weight excluding hydrogens is 350 g/mol. The minimum absolute atomic E-state index is 0.104. The molecule has 0 saturated carbocycles. The number of anilines is 1.